The van der Waals surface area contributed by atoms with Crippen LogP contribution in [0.4, 0.5) is 0 Å². The quantitative estimate of drug-likeness (QED) is 0.556. The van der Waals surface area contributed by atoms with E-state index in [1.54, 1.807) is 0 Å². The molecule has 0 unspecified atom stereocenters. The zero-order valence-corrected chi connectivity index (χ0v) is 10.2. The van der Waals surface area contributed by atoms with Gasteiger partial charge < -0.3 is 0 Å². The minimum absolute atomic E-state index is 0.197. The first-order chi connectivity index (χ1) is 8.28. The molecule has 0 N–H and O–H groups in total. The van der Waals surface area contributed by atoms with Gasteiger partial charge in [0.05, 0.1) is 0 Å². The summed E-state index contributed by atoms with van der Waals surface area (Å²) in [6.45, 7) is 3.81. The van der Waals surface area contributed by atoms with Crippen molar-refractivity contribution >= 4 is 5.78 Å². The molecular weight excluding hydrogens is 208 g/mol. The van der Waals surface area contributed by atoms with E-state index in [0.717, 1.165) is 37.7 Å². The molecule has 1 nitrogen and oxygen atoms in total. The third-order valence-electron chi connectivity index (χ3n) is 3.71. The summed E-state index contributed by atoms with van der Waals surface area (Å²) >= 11 is 0. The van der Waals surface area contributed by atoms with Crippen molar-refractivity contribution in [2.45, 2.75) is 32.1 Å². The van der Waals surface area contributed by atoms with E-state index >= 15 is 0 Å². The Bertz CT molecular complexity index is 385. The summed E-state index contributed by atoms with van der Waals surface area (Å²) in [4.78, 5) is 12.6. The van der Waals surface area contributed by atoms with Crippen LogP contribution in [0.5, 0.6) is 0 Å². The van der Waals surface area contributed by atoms with Crippen LogP contribution < -0.4 is 0 Å². The average Bonchev–Trinajstić information content (AvgIpc) is 2.40. The maximum absolute atomic E-state index is 12.6. The van der Waals surface area contributed by atoms with Crippen molar-refractivity contribution in [3.05, 3.63) is 55.0 Å². The Morgan fingerprint density at radius 1 is 1.24 bits per heavy atom. The lowest BCUT2D eigenvalue weighted by molar-refractivity contribution is 0.0739. The number of hydrogen-bond donors (Lipinski definition) is 0. The molecule has 0 aliphatic heterocycles. The van der Waals surface area contributed by atoms with Gasteiger partial charge in [-0.3, -0.25) is 4.79 Å². The van der Waals surface area contributed by atoms with E-state index in [1.807, 2.05) is 36.4 Å². The van der Waals surface area contributed by atoms with Gasteiger partial charge >= 0.3 is 0 Å². The number of benzene rings is 1. The third-order valence-corrected chi connectivity index (χ3v) is 3.71. The molecule has 1 radical (unpaired) electrons. The van der Waals surface area contributed by atoms with Crippen molar-refractivity contribution < 1.29 is 4.79 Å². The van der Waals surface area contributed by atoms with Gasteiger partial charge in [-0.25, -0.2) is 0 Å². The molecule has 1 heteroatoms. The number of ketones is 1. The van der Waals surface area contributed by atoms with Crippen LogP contribution in [-0.4, -0.2) is 5.78 Å². The van der Waals surface area contributed by atoms with Crippen LogP contribution in [0, 0.1) is 11.8 Å². The van der Waals surface area contributed by atoms with Gasteiger partial charge in [0, 0.05) is 11.0 Å². The molecule has 17 heavy (non-hydrogen) atoms. The molecule has 0 heterocycles. The van der Waals surface area contributed by atoms with Crippen LogP contribution in [0.2, 0.25) is 0 Å². The van der Waals surface area contributed by atoms with Crippen molar-refractivity contribution in [3.8, 4) is 0 Å². The fourth-order valence-corrected chi connectivity index (χ4v) is 2.72. The minimum atomic E-state index is -0.197. The molecule has 0 amide bonds. The van der Waals surface area contributed by atoms with Gasteiger partial charge in [0.15, 0.2) is 5.78 Å². The fraction of sp³-hybridized carbons (Fsp3) is 0.375. The Hall–Kier alpha value is -1.37. The molecule has 1 aliphatic carbocycles. The average molecular weight is 227 g/mol. The van der Waals surface area contributed by atoms with Gasteiger partial charge in [0.1, 0.15) is 0 Å². The Morgan fingerprint density at radius 2 is 1.88 bits per heavy atom. The number of allylic oxidation sites excluding steroid dienone is 1. The first-order valence-corrected chi connectivity index (χ1v) is 6.31. The standard InChI is InChI=1S/C16H19O/c1-2-11-16(12-7-4-8-13-16)15(17)14-9-5-3-6-10-14/h2-6,9-10H,1,7-8,11-13H2. The van der Waals surface area contributed by atoms with E-state index in [4.69, 9.17) is 0 Å². The third kappa shape index (κ3) is 2.49. The first-order valence-electron chi connectivity index (χ1n) is 6.31. The van der Waals surface area contributed by atoms with E-state index in [9.17, 15) is 4.79 Å². The van der Waals surface area contributed by atoms with Crippen LogP contribution in [0.1, 0.15) is 42.5 Å². The molecule has 1 aromatic rings. The summed E-state index contributed by atoms with van der Waals surface area (Å²) in [6, 6.07) is 9.66. The highest BCUT2D eigenvalue weighted by Crippen LogP contribution is 2.41. The maximum atomic E-state index is 12.6. The van der Waals surface area contributed by atoms with Gasteiger partial charge in [-0.2, -0.15) is 0 Å². The maximum Gasteiger partial charge on any atom is 0.169 e. The Morgan fingerprint density at radius 3 is 2.47 bits per heavy atom. The van der Waals surface area contributed by atoms with Crippen molar-refractivity contribution in [1.29, 1.82) is 0 Å². The largest absolute Gasteiger partial charge is 0.294 e. The number of carbonyl (C=O) groups excluding carboxylic acids is 1. The SMILES string of the molecule is C=CCC1(C(=O)c2ccccc2)CC[CH]CC1. The lowest BCUT2D eigenvalue weighted by Crippen LogP contribution is -2.33. The summed E-state index contributed by atoms with van der Waals surface area (Å²) in [7, 11) is 0. The molecule has 2 rings (SSSR count). The first kappa shape index (κ1) is 12.1. The molecule has 1 saturated carbocycles. The Balaban J connectivity index is 2.27. The summed E-state index contributed by atoms with van der Waals surface area (Å²) in [5.41, 5.74) is 0.647. The second-order valence-corrected chi connectivity index (χ2v) is 4.83. The van der Waals surface area contributed by atoms with Crippen LogP contribution >= 0.6 is 0 Å². The second-order valence-electron chi connectivity index (χ2n) is 4.83. The monoisotopic (exact) mass is 227 g/mol. The van der Waals surface area contributed by atoms with Gasteiger partial charge in [-0.05, 0) is 38.5 Å². The molecule has 1 fully saturated rings. The lowest BCUT2D eigenvalue weighted by Gasteiger charge is -2.35. The van der Waals surface area contributed by atoms with E-state index in [-0.39, 0.29) is 5.41 Å². The smallest absolute Gasteiger partial charge is 0.169 e. The second kappa shape index (κ2) is 5.31. The van der Waals surface area contributed by atoms with Gasteiger partial charge in [0.2, 0.25) is 0 Å². The Labute approximate surface area is 104 Å². The van der Waals surface area contributed by atoms with Crippen molar-refractivity contribution in [1.82, 2.24) is 0 Å². The molecule has 89 valence electrons. The number of carbonyl (C=O) groups is 1. The highest BCUT2D eigenvalue weighted by atomic mass is 16.1. The summed E-state index contributed by atoms with van der Waals surface area (Å²) in [6.07, 6.45) is 9.01. The van der Waals surface area contributed by atoms with Gasteiger partial charge in [-0.1, -0.05) is 36.4 Å². The molecule has 0 atom stereocenters. The summed E-state index contributed by atoms with van der Waals surface area (Å²) in [5, 5.41) is 0. The highest BCUT2D eigenvalue weighted by molar-refractivity contribution is 6.00. The van der Waals surface area contributed by atoms with Crippen LogP contribution in [-0.2, 0) is 0 Å². The van der Waals surface area contributed by atoms with Gasteiger partial charge in [0.25, 0.3) is 0 Å². The number of Topliss-reactive ketones (excluding diaryl/α,β-unsaturated/α-hetero) is 1. The van der Waals surface area contributed by atoms with Crippen LogP contribution in [0.3, 0.4) is 0 Å². The lowest BCUT2D eigenvalue weighted by atomic mass is 9.67. The van der Waals surface area contributed by atoms with Crippen molar-refractivity contribution in [3.63, 3.8) is 0 Å². The summed E-state index contributed by atoms with van der Waals surface area (Å²) in [5.74, 6) is 0.297. The number of hydrogen-bond acceptors (Lipinski definition) is 1. The predicted molar refractivity (Wildman–Crippen MR) is 70.8 cm³/mol. The van der Waals surface area contributed by atoms with E-state index in [2.05, 4.69) is 13.0 Å². The molecule has 0 saturated heterocycles. The highest BCUT2D eigenvalue weighted by Gasteiger charge is 2.38. The van der Waals surface area contributed by atoms with Crippen molar-refractivity contribution in [2.75, 3.05) is 0 Å². The normalized spacial score (nSPS) is 18.6. The minimum Gasteiger partial charge on any atom is -0.294 e. The fourth-order valence-electron chi connectivity index (χ4n) is 2.72. The molecule has 0 aromatic heterocycles. The van der Waals surface area contributed by atoms with Gasteiger partial charge in [-0.15, -0.1) is 6.58 Å². The van der Waals surface area contributed by atoms with Crippen molar-refractivity contribution in [2.24, 2.45) is 5.41 Å². The predicted octanol–water partition coefficient (Wildman–Crippen LogP) is 4.21. The molecule has 1 aromatic carbocycles. The molecular formula is C16H19O. The number of rotatable bonds is 4. The Kier molecular flexibility index (Phi) is 3.78. The van der Waals surface area contributed by atoms with E-state index in [0.29, 0.717) is 5.78 Å². The topological polar surface area (TPSA) is 17.1 Å². The van der Waals surface area contributed by atoms with E-state index in [1.165, 1.54) is 0 Å². The zero-order chi connectivity index (χ0) is 12.1. The molecule has 0 spiro atoms. The van der Waals surface area contributed by atoms with E-state index < -0.39 is 0 Å². The summed E-state index contributed by atoms with van der Waals surface area (Å²) < 4.78 is 0. The molecule has 0 bridgehead atoms. The van der Waals surface area contributed by atoms with Crippen LogP contribution in [0.25, 0.3) is 0 Å². The van der Waals surface area contributed by atoms with Crippen LogP contribution in [0.15, 0.2) is 43.0 Å². The molecule has 1 aliphatic rings. The zero-order valence-electron chi connectivity index (χ0n) is 10.2.